The Balaban J connectivity index is 1.50. The van der Waals surface area contributed by atoms with E-state index in [4.69, 9.17) is 0 Å². The second-order valence-electron chi connectivity index (χ2n) is 8.48. The fourth-order valence-electron chi connectivity index (χ4n) is 4.15. The first-order valence-electron chi connectivity index (χ1n) is 10.5. The molecule has 0 aliphatic carbocycles. The molecule has 2 saturated heterocycles. The first kappa shape index (κ1) is 20.3. The summed E-state index contributed by atoms with van der Waals surface area (Å²) >= 11 is 0. The highest BCUT2D eigenvalue weighted by molar-refractivity contribution is 5.86. The molecule has 1 atom stereocenters. The van der Waals surface area contributed by atoms with Crippen LogP contribution in [0.3, 0.4) is 0 Å². The topological polar surface area (TPSA) is 55.8 Å². The number of nitrogens with one attached hydrogen (secondary N) is 1. The normalized spacial score (nSPS) is 24.1. The quantitative estimate of drug-likeness (QED) is 0.687. The van der Waals surface area contributed by atoms with Gasteiger partial charge in [0, 0.05) is 32.7 Å². The van der Waals surface area contributed by atoms with E-state index < -0.39 is 5.60 Å². The zero-order valence-corrected chi connectivity index (χ0v) is 16.9. The van der Waals surface area contributed by atoms with Gasteiger partial charge in [0.25, 0.3) is 5.91 Å². The number of piperidine rings is 1. The molecule has 5 heteroatoms. The summed E-state index contributed by atoms with van der Waals surface area (Å²) in [7, 11) is 0. The van der Waals surface area contributed by atoms with E-state index in [0.717, 1.165) is 31.6 Å². The molecule has 0 bridgehead atoms. The lowest BCUT2D eigenvalue weighted by molar-refractivity contribution is -0.157. The number of rotatable bonds is 8. The molecule has 1 aromatic carbocycles. The Hall–Kier alpha value is -1.43. The predicted molar refractivity (Wildman–Crippen MR) is 109 cm³/mol. The zero-order valence-electron chi connectivity index (χ0n) is 16.9. The molecule has 0 saturated carbocycles. The van der Waals surface area contributed by atoms with Crippen LogP contribution in [0.2, 0.25) is 0 Å². The SMILES string of the molecule is CC(C)c1ccc(CN2CCC[C@](O)(CNCCN3CCCC3)C2=O)cc1. The van der Waals surface area contributed by atoms with Crippen molar-refractivity contribution in [2.75, 3.05) is 39.3 Å². The van der Waals surface area contributed by atoms with Crippen molar-refractivity contribution in [3.8, 4) is 0 Å². The van der Waals surface area contributed by atoms with E-state index in [9.17, 15) is 9.90 Å². The summed E-state index contributed by atoms with van der Waals surface area (Å²) in [5.41, 5.74) is 1.17. The number of aliphatic hydroxyl groups is 1. The van der Waals surface area contributed by atoms with Crippen LogP contribution in [0.4, 0.5) is 0 Å². The lowest BCUT2D eigenvalue weighted by Gasteiger charge is -2.38. The third-order valence-corrected chi connectivity index (χ3v) is 5.94. The van der Waals surface area contributed by atoms with Crippen molar-refractivity contribution in [2.45, 2.75) is 57.6 Å². The Labute approximate surface area is 163 Å². The Bertz CT molecular complexity index is 610. The molecule has 1 aromatic rings. The highest BCUT2D eigenvalue weighted by atomic mass is 16.3. The van der Waals surface area contributed by atoms with Gasteiger partial charge in [-0.3, -0.25) is 4.79 Å². The maximum atomic E-state index is 12.9. The van der Waals surface area contributed by atoms with Crippen molar-refractivity contribution >= 4 is 5.91 Å². The van der Waals surface area contributed by atoms with E-state index in [2.05, 4.69) is 48.3 Å². The number of carbonyl (C=O) groups is 1. The smallest absolute Gasteiger partial charge is 0.256 e. The number of benzene rings is 1. The van der Waals surface area contributed by atoms with Crippen LogP contribution in [-0.2, 0) is 11.3 Å². The van der Waals surface area contributed by atoms with Crippen molar-refractivity contribution < 1.29 is 9.90 Å². The summed E-state index contributed by atoms with van der Waals surface area (Å²) in [4.78, 5) is 17.2. The van der Waals surface area contributed by atoms with Gasteiger partial charge in [0.1, 0.15) is 0 Å². The summed E-state index contributed by atoms with van der Waals surface area (Å²) in [5.74, 6) is 0.378. The van der Waals surface area contributed by atoms with Gasteiger partial charge in [0.2, 0.25) is 0 Å². The Morgan fingerprint density at radius 3 is 2.48 bits per heavy atom. The van der Waals surface area contributed by atoms with E-state index in [1.54, 1.807) is 0 Å². The average molecular weight is 374 g/mol. The number of amides is 1. The van der Waals surface area contributed by atoms with Crippen LogP contribution < -0.4 is 5.32 Å². The molecule has 2 fully saturated rings. The lowest BCUT2D eigenvalue weighted by atomic mass is 9.91. The molecule has 150 valence electrons. The maximum Gasteiger partial charge on any atom is 0.256 e. The van der Waals surface area contributed by atoms with Crippen LogP contribution in [0.5, 0.6) is 0 Å². The van der Waals surface area contributed by atoms with E-state index in [0.29, 0.717) is 25.4 Å². The van der Waals surface area contributed by atoms with Gasteiger partial charge in [-0.25, -0.2) is 0 Å². The molecule has 2 aliphatic rings. The molecule has 3 rings (SSSR count). The van der Waals surface area contributed by atoms with Crippen LogP contribution in [0.25, 0.3) is 0 Å². The molecule has 27 heavy (non-hydrogen) atoms. The largest absolute Gasteiger partial charge is 0.379 e. The van der Waals surface area contributed by atoms with Crippen LogP contribution in [-0.4, -0.2) is 65.7 Å². The van der Waals surface area contributed by atoms with Gasteiger partial charge in [-0.05, 0) is 55.8 Å². The highest BCUT2D eigenvalue weighted by Crippen LogP contribution is 2.24. The third kappa shape index (κ3) is 5.31. The minimum absolute atomic E-state index is 0.129. The number of hydrogen-bond donors (Lipinski definition) is 2. The number of carbonyl (C=O) groups excluding carboxylic acids is 1. The van der Waals surface area contributed by atoms with Crippen LogP contribution in [0, 0.1) is 0 Å². The summed E-state index contributed by atoms with van der Waals surface area (Å²) in [6.45, 7) is 10.2. The van der Waals surface area contributed by atoms with Gasteiger partial charge < -0.3 is 20.2 Å². The van der Waals surface area contributed by atoms with Crippen molar-refractivity contribution in [3.63, 3.8) is 0 Å². The van der Waals surface area contributed by atoms with Gasteiger partial charge in [-0.1, -0.05) is 38.1 Å². The van der Waals surface area contributed by atoms with Crippen LogP contribution >= 0.6 is 0 Å². The van der Waals surface area contributed by atoms with Crippen molar-refractivity contribution in [3.05, 3.63) is 35.4 Å². The predicted octanol–water partition coefficient (Wildman–Crippen LogP) is 2.35. The van der Waals surface area contributed by atoms with Gasteiger partial charge in [0.05, 0.1) is 0 Å². The minimum atomic E-state index is -1.26. The fraction of sp³-hybridized carbons (Fsp3) is 0.682. The fourth-order valence-corrected chi connectivity index (χ4v) is 4.15. The van der Waals surface area contributed by atoms with Crippen LogP contribution in [0.15, 0.2) is 24.3 Å². The highest BCUT2D eigenvalue weighted by Gasteiger charge is 2.41. The molecule has 2 heterocycles. The molecule has 2 aliphatic heterocycles. The molecule has 2 N–H and O–H groups in total. The molecular formula is C22H35N3O2. The third-order valence-electron chi connectivity index (χ3n) is 5.94. The number of hydrogen-bond acceptors (Lipinski definition) is 4. The summed E-state index contributed by atoms with van der Waals surface area (Å²) in [6.07, 6.45) is 3.97. The van der Waals surface area contributed by atoms with E-state index >= 15 is 0 Å². The molecule has 0 aromatic heterocycles. The van der Waals surface area contributed by atoms with Crippen molar-refractivity contribution in [1.82, 2.24) is 15.1 Å². The summed E-state index contributed by atoms with van der Waals surface area (Å²) < 4.78 is 0. The van der Waals surface area contributed by atoms with Crippen molar-refractivity contribution in [1.29, 1.82) is 0 Å². The number of likely N-dealkylation sites (tertiary alicyclic amines) is 2. The molecule has 1 amide bonds. The maximum absolute atomic E-state index is 12.9. The Morgan fingerprint density at radius 2 is 1.81 bits per heavy atom. The van der Waals surface area contributed by atoms with E-state index in [1.807, 2.05) is 4.90 Å². The Kier molecular flexibility index (Phi) is 6.90. The molecule has 0 unspecified atom stereocenters. The molecule has 0 radical (unpaired) electrons. The Morgan fingerprint density at radius 1 is 1.11 bits per heavy atom. The second kappa shape index (κ2) is 9.18. The van der Waals surface area contributed by atoms with Gasteiger partial charge in [0.15, 0.2) is 5.60 Å². The van der Waals surface area contributed by atoms with Crippen LogP contribution in [0.1, 0.15) is 56.6 Å². The van der Waals surface area contributed by atoms with Gasteiger partial charge in [-0.2, -0.15) is 0 Å². The molecule has 5 nitrogen and oxygen atoms in total. The standard InChI is InChI=1S/C22H35N3O2/c1-18(2)20-8-6-19(7-9-20)16-25-14-5-10-22(27,21(25)26)17-23-11-15-24-12-3-4-13-24/h6-9,18,23,27H,3-5,10-17H2,1-2H3/t22-/m0/s1. The molecule has 0 spiro atoms. The van der Waals surface area contributed by atoms with E-state index in [1.165, 1.54) is 31.5 Å². The van der Waals surface area contributed by atoms with Crippen molar-refractivity contribution in [2.24, 2.45) is 0 Å². The first-order chi connectivity index (χ1) is 13.0. The monoisotopic (exact) mass is 373 g/mol. The minimum Gasteiger partial charge on any atom is -0.379 e. The van der Waals surface area contributed by atoms with Gasteiger partial charge >= 0.3 is 0 Å². The number of nitrogens with zero attached hydrogens (tertiary/aromatic N) is 2. The van der Waals surface area contributed by atoms with E-state index in [-0.39, 0.29) is 5.91 Å². The summed E-state index contributed by atoms with van der Waals surface area (Å²) in [6, 6.07) is 8.48. The average Bonchev–Trinajstić information content (AvgIpc) is 3.17. The molecular weight excluding hydrogens is 338 g/mol. The van der Waals surface area contributed by atoms with Gasteiger partial charge in [-0.15, -0.1) is 0 Å². The zero-order chi connectivity index (χ0) is 19.3. The summed E-state index contributed by atoms with van der Waals surface area (Å²) in [5, 5.41) is 14.2. The lowest BCUT2D eigenvalue weighted by Crippen LogP contribution is -2.58. The first-order valence-corrected chi connectivity index (χ1v) is 10.5. The second-order valence-corrected chi connectivity index (χ2v) is 8.48.